The number of nitrogens with one attached hydrogen (secondary N) is 1. The van der Waals surface area contributed by atoms with E-state index in [9.17, 15) is 18.0 Å². The first-order valence-electron chi connectivity index (χ1n) is 7.70. The molecule has 6 nitrogen and oxygen atoms in total. The van der Waals surface area contributed by atoms with Gasteiger partial charge < -0.3 is 14.8 Å². The number of rotatable bonds is 6. The average Bonchev–Trinajstić information content (AvgIpc) is 2.53. The minimum absolute atomic E-state index is 0.120. The van der Waals surface area contributed by atoms with E-state index in [1.54, 1.807) is 0 Å². The monoisotopic (exact) mass is 381 g/mol. The number of hydrogen-bond donors (Lipinski definition) is 1. The number of hydrogen-bond acceptors (Lipinski definition) is 5. The number of halogens is 4. The summed E-state index contributed by atoms with van der Waals surface area (Å²) >= 11 is 5.84. The molecule has 1 amide bonds. The zero-order valence-electron chi connectivity index (χ0n) is 13.6. The van der Waals surface area contributed by atoms with Gasteiger partial charge in [-0.25, -0.2) is 4.98 Å². The van der Waals surface area contributed by atoms with Crippen LogP contribution in [0.5, 0.6) is 5.88 Å². The van der Waals surface area contributed by atoms with E-state index >= 15 is 0 Å². The minimum atomic E-state index is -4.49. The van der Waals surface area contributed by atoms with Crippen molar-refractivity contribution in [2.75, 3.05) is 39.5 Å². The van der Waals surface area contributed by atoms with E-state index < -0.39 is 18.7 Å². The van der Waals surface area contributed by atoms with Crippen molar-refractivity contribution in [1.29, 1.82) is 0 Å². The van der Waals surface area contributed by atoms with Crippen LogP contribution in [0.15, 0.2) is 12.3 Å². The molecule has 1 aliphatic heterocycles. The molecule has 1 aromatic rings. The Kier molecular flexibility index (Phi) is 6.86. The van der Waals surface area contributed by atoms with Gasteiger partial charge >= 0.3 is 6.18 Å². The van der Waals surface area contributed by atoms with Crippen LogP contribution in [0.4, 0.5) is 13.2 Å². The van der Waals surface area contributed by atoms with Gasteiger partial charge in [0.1, 0.15) is 5.02 Å². The molecule has 1 aromatic heterocycles. The van der Waals surface area contributed by atoms with Crippen LogP contribution in [-0.4, -0.2) is 67.5 Å². The minimum Gasteiger partial charge on any atom is -0.467 e. The van der Waals surface area contributed by atoms with Gasteiger partial charge in [0.15, 0.2) is 6.61 Å². The number of nitrogens with zero attached hydrogens (tertiary/aromatic N) is 2. The largest absolute Gasteiger partial charge is 0.467 e. The highest BCUT2D eigenvalue weighted by Crippen LogP contribution is 2.25. The molecule has 10 heteroatoms. The van der Waals surface area contributed by atoms with E-state index in [0.717, 1.165) is 19.3 Å². The first-order chi connectivity index (χ1) is 11.7. The van der Waals surface area contributed by atoms with Gasteiger partial charge in [-0.1, -0.05) is 11.6 Å². The van der Waals surface area contributed by atoms with Crippen molar-refractivity contribution >= 4 is 17.5 Å². The van der Waals surface area contributed by atoms with E-state index in [1.807, 2.05) is 6.92 Å². The molecular weight excluding hydrogens is 363 g/mol. The maximum atomic E-state index is 12.2. The summed E-state index contributed by atoms with van der Waals surface area (Å²) in [5, 5.41) is 2.65. The number of morpholine rings is 1. The van der Waals surface area contributed by atoms with Gasteiger partial charge in [-0.2, -0.15) is 13.2 Å². The SMILES string of the molecule is C[C@@H](CN1CCOCC1)NC(=O)c1cnc(OCC(F)(F)F)c(Cl)c1. The Balaban J connectivity index is 1.89. The highest BCUT2D eigenvalue weighted by atomic mass is 35.5. The fourth-order valence-electron chi connectivity index (χ4n) is 2.33. The second-order valence-electron chi connectivity index (χ2n) is 5.70. The van der Waals surface area contributed by atoms with Gasteiger partial charge in [0.05, 0.1) is 18.8 Å². The molecule has 1 N–H and O–H groups in total. The fourth-order valence-corrected chi connectivity index (χ4v) is 2.55. The highest BCUT2D eigenvalue weighted by Gasteiger charge is 2.29. The van der Waals surface area contributed by atoms with Gasteiger partial charge in [0.25, 0.3) is 5.91 Å². The predicted molar refractivity (Wildman–Crippen MR) is 85.0 cm³/mol. The number of carbonyl (C=O) groups is 1. The Morgan fingerprint density at radius 2 is 2.16 bits per heavy atom. The molecule has 2 heterocycles. The molecule has 1 aliphatic rings. The summed E-state index contributed by atoms with van der Waals surface area (Å²) in [6.45, 7) is 3.98. The van der Waals surface area contributed by atoms with Crippen molar-refractivity contribution in [3.63, 3.8) is 0 Å². The second-order valence-corrected chi connectivity index (χ2v) is 6.11. The third-order valence-corrected chi connectivity index (χ3v) is 3.73. The molecular formula is C15H19ClF3N3O3. The van der Waals surface area contributed by atoms with Crippen molar-refractivity contribution in [1.82, 2.24) is 15.2 Å². The summed E-state index contributed by atoms with van der Waals surface area (Å²) in [4.78, 5) is 18.1. The van der Waals surface area contributed by atoms with Crippen LogP contribution in [0.3, 0.4) is 0 Å². The number of alkyl halides is 3. The number of carbonyl (C=O) groups excluding carboxylic acids is 1. The summed E-state index contributed by atoms with van der Waals surface area (Å²) in [5.41, 5.74) is 0.151. The zero-order valence-corrected chi connectivity index (χ0v) is 14.4. The molecule has 1 saturated heterocycles. The van der Waals surface area contributed by atoms with Gasteiger partial charge in [-0.3, -0.25) is 9.69 Å². The lowest BCUT2D eigenvalue weighted by Gasteiger charge is -2.29. The highest BCUT2D eigenvalue weighted by molar-refractivity contribution is 6.32. The molecule has 0 aromatic carbocycles. The van der Waals surface area contributed by atoms with Gasteiger partial charge in [0.2, 0.25) is 5.88 Å². The molecule has 0 radical (unpaired) electrons. The molecule has 1 fully saturated rings. The van der Waals surface area contributed by atoms with Crippen LogP contribution < -0.4 is 10.1 Å². The average molecular weight is 382 g/mol. The Labute approximate surface area is 148 Å². The zero-order chi connectivity index (χ0) is 18.4. The van der Waals surface area contributed by atoms with Crippen molar-refractivity contribution < 1.29 is 27.4 Å². The third-order valence-electron chi connectivity index (χ3n) is 3.46. The Morgan fingerprint density at radius 1 is 1.48 bits per heavy atom. The Morgan fingerprint density at radius 3 is 2.76 bits per heavy atom. The quantitative estimate of drug-likeness (QED) is 0.818. The molecule has 0 aliphatic carbocycles. The predicted octanol–water partition coefficient (Wildman–Crippen LogP) is 2.13. The normalized spacial score (nSPS) is 17.2. The summed E-state index contributed by atoms with van der Waals surface area (Å²) in [5.74, 6) is -0.769. The van der Waals surface area contributed by atoms with Crippen LogP contribution in [0.25, 0.3) is 0 Å². The van der Waals surface area contributed by atoms with E-state index in [1.165, 1.54) is 6.07 Å². The molecule has 0 spiro atoms. The van der Waals surface area contributed by atoms with Crippen LogP contribution >= 0.6 is 11.6 Å². The standard InChI is InChI=1S/C15H19ClF3N3O3/c1-10(8-22-2-4-24-5-3-22)21-13(23)11-6-12(16)14(20-7-11)25-9-15(17,18)19/h6-7,10H,2-5,8-9H2,1H3,(H,21,23)/t10-/m0/s1. The van der Waals surface area contributed by atoms with Crippen molar-refractivity contribution in [3.8, 4) is 5.88 Å². The lowest BCUT2D eigenvalue weighted by molar-refractivity contribution is -0.154. The Bertz CT molecular complexity index is 595. The van der Waals surface area contributed by atoms with Crippen molar-refractivity contribution in [3.05, 3.63) is 22.8 Å². The molecule has 25 heavy (non-hydrogen) atoms. The molecule has 0 bridgehead atoms. The van der Waals surface area contributed by atoms with Crippen LogP contribution in [0, 0.1) is 0 Å². The molecule has 140 valence electrons. The third kappa shape index (κ3) is 6.68. The number of aromatic nitrogens is 1. The first-order valence-corrected chi connectivity index (χ1v) is 8.08. The second kappa shape index (κ2) is 8.68. The fraction of sp³-hybridized carbons (Fsp3) is 0.600. The van der Waals surface area contributed by atoms with Gasteiger partial charge in [-0.15, -0.1) is 0 Å². The van der Waals surface area contributed by atoms with Gasteiger partial charge in [0, 0.05) is 31.9 Å². The molecule has 0 unspecified atom stereocenters. The number of pyridine rings is 1. The van der Waals surface area contributed by atoms with E-state index in [0.29, 0.717) is 19.8 Å². The van der Waals surface area contributed by atoms with E-state index in [2.05, 4.69) is 19.9 Å². The molecule has 0 saturated carbocycles. The topological polar surface area (TPSA) is 63.7 Å². The Hall–Kier alpha value is -1.58. The van der Waals surface area contributed by atoms with Gasteiger partial charge in [-0.05, 0) is 13.0 Å². The van der Waals surface area contributed by atoms with Crippen LogP contribution in [-0.2, 0) is 4.74 Å². The first kappa shape index (κ1) is 19.7. The number of ether oxygens (including phenoxy) is 2. The number of amides is 1. The van der Waals surface area contributed by atoms with Crippen LogP contribution in [0.2, 0.25) is 5.02 Å². The lowest BCUT2D eigenvalue weighted by atomic mass is 10.2. The van der Waals surface area contributed by atoms with Crippen molar-refractivity contribution in [2.24, 2.45) is 0 Å². The molecule has 2 rings (SSSR count). The summed E-state index contributed by atoms with van der Waals surface area (Å²) in [6.07, 6.45) is -3.36. The van der Waals surface area contributed by atoms with E-state index in [4.69, 9.17) is 16.3 Å². The lowest BCUT2D eigenvalue weighted by Crippen LogP contribution is -2.46. The maximum absolute atomic E-state index is 12.2. The summed E-state index contributed by atoms with van der Waals surface area (Å²) < 4.78 is 46.2. The van der Waals surface area contributed by atoms with Crippen molar-refractivity contribution in [2.45, 2.75) is 19.1 Å². The smallest absolute Gasteiger partial charge is 0.422 e. The summed E-state index contributed by atoms with van der Waals surface area (Å²) in [7, 11) is 0. The van der Waals surface area contributed by atoms with Crippen LogP contribution in [0.1, 0.15) is 17.3 Å². The summed E-state index contributed by atoms with van der Waals surface area (Å²) in [6, 6.07) is 1.11. The van der Waals surface area contributed by atoms with E-state index in [-0.39, 0.29) is 22.5 Å². The molecule has 1 atom stereocenters. The maximum Gasteiger partial charge on any atom is 0.422 e.